The average molecular weight is 367 g/mol. The van der Waals surface area contributed by atoms with Gasteiger partial charge >= 0.3 is 0 Å². The lowest BCUT2D eigenvalue weighted by Crippen LogP contribution is -2.47. The van der Waals surface area contributed by atoms with Crippen molar-refractivity contribution >= 4 is 22.4 Å². The number of benzene rings is 1. The molecule has 0 atom stereocenters. The quantitative estimate of drug-likeness (QED) is 0.758. The molecule has 4 aliphatic carbocycles. The minimum absolute atomic E-state index is 0.164. The number of anilines is 1. The summed E-state index contributed by atoms with van der Waals surface area (Å²) in [7, 11) is 0. The second-order valence-corrected chi connectivity index (χ2v) is 9.90. The summed E-state index contributed by atoms with van der Waals surface area (Å²) in [5, 5.41) is 5.85. The number of rotatable bonds is 4. The molecule has 1 N–H and O–H groups in total. The predicted molar refractivity (Wildman–Crippen MR) is 106 cm³/mol. The molecular formula is C22H26N2OS. The molecule has 0 spiro atoms. The van der Waals surface area contributed by atoms with Gasteiger partial charge in [-0.15, -0.1) is 11.3 Å². The first-order chi connectivity index (χ1) is 12.6. The minimum Gasteiger partial charge on any atom is -0.302 e. The molecule has 0 unspecified atom stereocenters. The Bertz CT molecular complexity index is 788. The Morgan fingerprint density at radius 3 is 2.35 bits per heavy atom. The van der Waals surface area contributed by atoms with Crippen LogP contribution in [0.1, 0.15) is 50.5 Å². The number of hydrogen-bond acceptors (Lipinski definition) is 3. The maximum Gasteiger partial charge on any atom is 0.226 e. The number of carbonyl (C=O) groups excluding carboxylic acids is 1. The van der Waals surface area contributed by atoms with Crippen LogP contribution in [0.25, 0.3) is 11.3 Å². The molecule has 0 saturated heterocycles. The first kappa shape index (κ1) is 16.5. The van der Waals surface area contributed by atoms with E-state index in [2.05, 4.69) is 41.5 Å². The third kappa shape index (κ3) is 3.09. The van der Waals surface area contributed by atoms with Gasteiger partial charge in [0.2, 0.25) is 5.91 Å². The van der Waals surface area contributed by atoms with Gasteiger partial charge < -0.3 is 5.32 Å². The van der Waals surface area contributed by atoms with Gasteiger partial charge in [0, 0.05) is 17.4 Å². The zero-order chi connectivity index (χ0) is 17.7. The lowest BCUT2D eigenvalue weighted by Gasteiger charge is -2.56. The maximum atomic E-state index is 12.7. The molecule has 3 nitrogen and oxygen atoms in total. The van der Waals surface area contributed by atoms with E-state index in [0.29, 0.717) is 6.42 Å². The molecule has 4 aliphatic rings. The molecule has 6 rings (SSSR count). The Labute approximate surface area is 159 Å². The maximum absolute atomic E-state index is 12.7. The van der Waals surface area contributed by atoms with Crippen LogP contribution in [0.15, 0.2) is 29.6 Å². The Kier molecular flexibility index (Phi) is 3.93. The summed E-state index contributed by atoms with van der Waals surface area (Å²) in [4.78, 5) is 17.4. The Morgan fingerprint density at radius 2 is 1.73 bits per heavy atom. The van der Waals surface area contributed by atoms with E-state index in [1.807, 2.05) is 5.38 Å². The highest BCUT2D eigenvalue weighted by atomic mass is 32.1. The number of nitrogens with one attached hydrogen (secondary N) is 1. The van der Waals surface area contributed by atoms with Gasteiger partial charge in [0.05, 0.1) is 5.69 Å². The van der Waals surface area contributed by atoms with E-state index < -0.39 is 0 Å². The van der Waals surface area contributed by atoms with Gasteiger partial charge in [-0.1, -0.05) is 29.8 Å². The predicted octanol–water partition coefficient (Wildman–Crippen LogP) is 5.66. The van der Waals surface area contributed by atoms with Crippen molar-refractivity contribution in [2.75, 3.05) is 5.32 Å². The van der Waals surface area contributed by atoms with Gasteiger partial charge in [-0.2, -0.15) is 0 Å². The van der Waals surface area contributed by atoms with Gasteiger partial charge in [-0.3, -0.25) is 4.79 Å². The first-order valence-corrected chi connectivity index (χ1v) is 10.8. The molecular weight excluding hydrogens is 340 g/mol. The number of aromatic nitrogens is 1. The van der Waals surface area contributed by atoms with Crippen molar-refractivity contribution in [1.29, 1.82) is 0 Å². The van der Waals surface area contributed by atoms with Crippen LogP contribution in [0, 0.1) is 30.1 Å². The molecule has 136 valence electrons. The Balaban J connectivity index is 1.26. The number of amides is 1. The van der Waals surface area contributed by atoms with Crippen molar-refractivity contribution in [3.05, 3.63) is 35.2 Å². The van der Waals surface area contributed by atoms with Crippen LogP contribution in [0.4, 0.5) is 5.13 Å². The molecule has 1 aromatic carbocycles. The van der Waals surface area contributed by atoms with Crippen LogP contribution in [0.2, 0.25) is 0 Å². The number of hydrogen-bond donors (Lipinski definition) is 1. The average Bonchev–Trinajstić information content (AvgIpc) is 3.02. The van der Waals surface area contributed by atoms with E-state index in [-0.39, 0.29) is 11.3 Å². The van der Waals surface area contributed by atoms with Crippen LogP contribution >= 0.6 is 11.3 Å². The second-order valence-electron chi connectivity index (χ2n) is 9.05. The van der Waals surface area contributed by atoms with Crippen LogP contribution in [-0.4, -0.2) is 10.9 Å². The van der Waals surface area contributed by atoms with Gasteiger partial charge in [0.1, 0.15) is 0 Å². The van der Waals surface area contributed by atoms with E-state index in [4.69, 9.17) is 0 Å². The van der Waals surface area contributed by atoms with E-state index >= 15 is 0 Å². The molecule has 1 aromatic heterocycles. The fourth-order valence-corrected chi connectivity index (χ4v) is 6.93. The zero-order valence-electron chi connectivity index (χ0n) is 15.3. The van der Waals surface area contributed by atoms with Gasteiger partial charge in [0.25, 0.3) is 0 Å². The molecule has 2 aromatic rings. The van der Waals surface area contributed by atoms with Crippen molar-refractivity contribution in [1.82, 2.24) is 4.98 Å². The summed E-state index contributed by atoms with van der Waals surface area (Å²) in [5.74, 6) is 2.84. The molecule has 4 saturated carbocycles. The van der Waals surface area contributed by atoms with Crippen molar-refractivity contribution in [3.63, 3.8) is 0 Å². The summed E-state index contributed by atoms with van der Waals surface area (Å²) < 4.78 is 0. The molecule has 1 amide bonds. The molecule has 4 fully saturated rings. The van der Waals surface area contributed by atoms with Gasteiger partial charge in [-0.25, -0.2) is 4.98 Å². The third-order valence-electron chi connectivity index (χ3n) is 6.80. The number of carbonyl (C=O) groups is 1. The monoisotopic (exact) mass is 366 g/mol. The number of aryl methyl sites for hydroxylation is 1. The van der Waals surface area contributed by atoms with Crippen molar-refractivity contribution in [3.8, 4) is 11.3 Å². The van der Waals surface area contributed by atoms with Crippen LogP contribution in [-0.2, 0) is 4.79 Å². The van der Waals surface area contributed by atoms with E-state index in [0.717, 1.165) is 34.1 Å². The summed E-state index contributed by atoms with van der Waals surface area (Å²) in [6, 6.07) is 8.37. The normalized spacial score (nSPS) is 32.0. The van der Waals surface area contributed by atoms with Crippen LogP contribution < -0.4 is 5.32 Å². The highest BCUT2D eigenvalue weighted by Crippen LogP contribution is 2.61. The van der Waals surface area contributed by atoms with Crippen LogP contribution in [0.5, 0.6) is 0 Å². The Hall–Kier alpha value is -1.68. The smallest absolute Gasteiger partial charge is 0.226 e. The Morgan fingerprint density at radius 1 is 1.12 bits per heavy atom. The third-order valence-corrected chi connectivity index (χ3v) is 7.56. The molecule has 4 heteroatoms. The summed E-state index contributed by atoms with van der Waals surface area (Å²) in [6.45, 7) is 2.08. The standard InChI is InChI=1S/C22H26N2OS/c1-14-2-4-18(5-3-14)19-13-26-21(23-19)24-20(25)12-22-9-15-6-16(10-22)8-17(7-15)11-22/h2-5,13,15-17H,6-12H2,1H3,(H,23,24,25). The van der Waals surface area contributed by atoms with Crippen LogP contribution in [0.3, 0.4) is 0 Å². The molecule has 26 heavy (non-hydrogen) atoms. The SMILES string of the molecule is Cc1ccc(-c2csc(NC(=O)CC34CC5CC(CC(C5)C3)C4)n2)cc1. The van der Waals surface area contributed by atoms with E-state index in [1.54, 1.807) is 0 Å². The lowest BCUT2D eigenvalue weighted by molar-refractivity contribution is -0.124. The highest BCUT2D eigenvalue weighted by Gasteiger charge is 2.51. The molecule has 0 radical (unpaired) electrons. The summed E-state index contributed by atoms with van der Waals surface area (Å²) in [5.41, 5.74) is 3.58. The largest absolute Gasteiger partial charge is 0.302 e. The minimum atomic E-state index is 0.164. The first-order valence-electron chi connectivity index (χ1n) is 9.89. The van der Waals surface area contributed by atoms with Crippen molar-refractivity contribution < 1.29 is 4.79 Å². The second kappa shape index (κ2) is 6.19. The van der Waals surface area contributed by atoms with E-state index in [9.17, 15) is 4.79 Å². The number of thiazole rings is 1. The zero-order valence-corrected chi connectivity index (χ0v) is 16.1. The topological polar surface area (TPSA) is 42.0 Å². The van der Waals surface area contributed by atoms with Crippen molar-refractivity contribution in [2.24, 2.45) is 23.2 Å². The summed E-state index contributed by atoms with van der Waals surface area (Å²) >= 11 is 1.53. The van der Waals surface area contributed by atoms with Gasteiger partial charge in [0.15, 0.2) is 5.13 Å². The molecule has 4 bridgehead atoms. The van der Waals surface area contributed by atoms with E-state index in [1.165, 1.54) is 55.4 Å². The molecule has 1 heterocycles. The summed E-state index contributed by atoms with van der Waals surface area (Å²) in [6.07, 6.45) is 8.79. The number of nitrogens with zero attached hydrogens (tertiary/aromatic N) is 1. The van der Waals surface area contributed by atoms with Gasteiger partial charge in [-0.05, 0) is 68.6 Å². The highest BCUT2D eigenvalue weighted by molar-refractivity contribution is 7.14. The fraction of sp³-hybridized carbons (Fsp3) is 0.545. The lowest BCUT2D eigenvalue weighted by atomic mass is 9.49. The molecule has 0 aliphatic heterocycles. The van der Waals surface area contributed by atoms with Crippen molar-refractivity contribution in [2.45, 2.75) is 51.9 Å². The fourth-order valence-electron chi connectivity index (χ4n) is 6.20.